The largest absolute Gasteiger partial charge is 0.508 e. The first kappa shape index (κ1) is 21.4. The van der Waals surface area contributed by atoms with Crippen molar-refractivity contribution in [2.75, 3.05) is 0 Å². The Kier molecular flexibility index (Phi) is 5.76. The molecule has 0 spiro atoms. The lowest BCUT2D eigenvalue weighted by atomic mass is 9.79. The normalized spacial score (nSPS) is 21.2. The van der Waals surface area contributed by atoms with E-state index in [0.29, 0.717) is 12.3 Å². The van der Waals surface area contributed by atoms with E-state index in [4.69, 9.17) is 0 Å². The number of carbonyl (C=O) groups excluding carboxylic acids is 1. The molecule has 0 fully saturated rings. The second-order valence-corrected chi connectivity index (χ2v) is 9.49. The molecule has 168 valence electrons. The highest BCUT2D eigenvalue weighted by Gasteiger charge is 2.30. The zero-order chi connectivity index (χ0) is 22.9. The number of phenolic OH excluding ortho intramolecular Hbond substituents is 1. The van der Waals surface area contributed by atoms with Crippen LogP contribution in [-0.4, -0.2) is 23.3 Å². The first-order chi connectivity index (χ1) is 16.0. The Morgan fingerprint density at radius 1 is 1.03 bits per heavy atom. The molecule has 0 unspecified atom stereocenters. The molecule has 5 rings (SSSR count). The average molecular weight is 439 g/mol. The first-order valence-electron chi connectivity index (χ1n) is 11.8. The number of nitrogens with zero attached hydrogens (tertiary/aromatic N) is 1. The van der Waals surface area contributed by atoms with Crippen LogP contribution in [0.3, 0.4) is 0 Å². The molecule has 0 saturated carbocycles. The van der Waals surface area contributed by atoms with E-state index in [0.717, 1.165) is 36.0 Å². The van der Waals surface area contributed by atoms with E-state index in [1.807, 2.05) is 13.0 Å². The van der Waals surface area contributed by atoms with E-state index < -0.39 is 6.04 Å². The van der Waals surface area contributed by atoms with Crippen molar-refractivity contribution < 1.29 is 9.90 Å². The fourth-order valence-corrected chi connectivity index (χ4v) is 5.26. The van der Waals surface area contributed by atoms with Gasteiger partial charge < -0.3 is 10.4 Å². The van der Waals surface area contributed by atoms with Gasteiger partial charge >= 0.3 is 0 Å². The van der Waals surface area contributed by atoms with Gasteiger partial charge in [0.05, 0.1) is 6.04 Å². The van der Waals surface area contributed by atoms with Gasteiger partial charge in [0.15, 0.2) is 0 Å². The van der Waals surface area contributed by atoms with Crippen LogP contribution in [-0.2, 0) is 17.6 Å². The molecule has 2 N–H and O–H groups in total. The number of aliphatic imine (C=N–C) groups is 1. The van der Waals surface area contributed by atoms with Crippen molar-refractivity contribution in [3.8, 4) is 5.75 Å². The van der Waals surface area contributed by atoms with Crippen LogP contribution in [0.2, 0.25) is 0 Å². The van der Waals surface area contributed by atoms with E-state index in [1.54, 1.807) is 18.3 Å². The lowest BCUT2D eigenvalue weighted by molar-refractivity contribution is -0.123. The van der Waals surface area contributed by atoms with Gasteiger partial charge in [-0.25, -0.2) is 0 Å². The molecule has 0 saturated heterocycles. The van der Waals surface area contributed by atoms with Crippen molar-refractivity contribution >= 4 is 12.1 Å². The van der Waals surface area contributed by atoms with Gasteiger partial charge in [-0.3, -0.25) is 9.79 Å². The molecule has 4 nitrogen and oxygen atoms in total. The smallest absolute Gasteiger partial charge is 0.245 e. The summed E-state index contributed by atoms with van der Waals surface area (Å²) >= 11 is 0. The summed E-state index contributed by atoms with van der Waals surface area (Å²) in [6, 6.07) is 20.3. The molecule has 33 heavy (non-hydrogen) atoms. The van der Waals surface area contributed by atoms with Gasteiger partial charge in [-0.15, -0.1) is 0 Å². The molecule has 4 heteroatoms. The van der Waals surface area contributed by atoms with Crippen LogP contribution in [0, 0.1) is 6.92 Å². The number of benzene rings is 3. The Morgan fingerprint density at radius 2 is 1.85 bits per heavy atom. The highest BCUT2D eigenvalue weighted by Crippen LogP contribution is 2.38. The molecular weight excluding hydrogens is 408 g/mol. The van der Waals surface area contributed by atoms with Crippen LogP contribution < -0.4 is 5.32 Å². The SMILES string of the molecule is Cc1cc(O)cc2c1C[C@@H](C(=O)N[C@@H]1CC[C@H](C)c3ccc(Cc4ccccc4)cc31)N=C2. The van der Waals surface area contributed by atoms with Crippen LogP contribution in [0.15, 0.2) is 65.7 Å². The number of aryl methyl sites for hydroxylation is 1. The van der Waals surface area contributed by atoms with Crippen LogP contribution in [0.4, 0.5) is 0 Å². The fraction of sp³-hybridized carbons (Fsp3) is 0.310. The molecule has 3 aromatic carbocycles. The van der Waals surface area contributed by atoms with E-state index in [-0.39, 0.29) is 17.7 Å². The van der Waals surface area contributed by atoms with E-state index >= 15 is 0 Å². The lowest BCUT2D eigenvalue weighted by Gasteiger charge is -2.32. The molecule has 3 aromatic rings. The van der Waals surface area contributed by atoms with E-state index in [9.17, 15) is 9.90 Å². The van der Waals surface area contributed by atoms with Crippen LogP contribution in [0.25, 0.3) is 0 Å². The lowest BCUT2D eigenvalue weighted by Crippen LogP contribution is -2.40. The molecule has 1 aliphatic heterocycles. The Bertz CT molecular complexity index is 1220. The predicted molar refractivity (Wildman–Crippen MR) is 132 cm³/mol. The molecule has 1 aliphatic carbocycles. The molecular formula is C29H30N2O2. The number of hydrogen-bond donors (Lipinski definition) is 2. The van der Waals surface area contributed by atoms with Crippen molar-refractivity contribution in [2.45, 2.75) is 57.5 Å². The van der Waals surface area contributed by atoms with Gasteiger partial charge in [0.2, 0.25) is 5.91 Å². The summed E-state index contributed by atoms with van der Waals surface area (Å²) in [6.07, 6.45) is 5.18. The fourth-order valence-electron chi connectivity index (χ4n) is 5.26. The highest BCUT2D eigenvalue weighted by molar-refractivity contribution is 5.91. The van der Waals surface area contributed by atoms with Gasteiger partial charge in [-0.2, -0.15) is 0 Å². The number of rotatable bonds is 4. The minimum absolute atomic E-state index is 0.0111. The number of phenols is 1. The zero-order valence-electron chi connectivity index (χ0n) is 19.2. The minimum atomic E-state index is -0.434. The summed E-state index contributed by atoms with van der Waals surface area (Å²) in [4.78, 5) is 17.8. The third kappa shape index (κ3) is 4.43. The summed E-state index contributed by atoms with van der Waals surface area (Å²) in [7, 11) is 0. The van der Waals surface area contributed by atoms with Crippen molar-refractivity contribution in [3.05, 3.63) is 99.6 Å². The quantitative estimate of drug-likeness (QED) is 0.574. The topological polar surface area (TPSA) is 61.7 Å². The maximum atomic E-state index is 13.2. The van der Waals surface area contributed by atoms with E-state index in [1.165, 1.54) is 22.3 Å². The van der Waals surface area contributed by atoms with Gasteiger partial charge in [-0.05, 0) is 83.2 Å². The number of carbonyl (C=O) groups is 1. The van der Waals surface area contributed by atoms with Crippen molar-refractivity contribution in [1.29, 1.82) is 0 Å². The molecule has 2 aliphatic rings. The Labute approximate surface area is 195 Å². The van der Waals surface area contributed by atoms with Crippen molar-refractivity contribution in [1.82, 2.24) is 5.32 Å². The standard InChI is InChI=1S/C29H30N2O2/c1-18-8-11-27(26-14-21(9-10-24(18)26)13-20-6-4-3-5-7-20)31-29(33)28-16-25-19(2)12-23(32)15-22(25)17-30-28/h3-7,9-10,12,14-15,17-18,27-28,32H,8,11,13,16H2,1-2H3,(H,31,33)/t18-,27+,28-/m0/s1. The number of amides is 1. The highest BCUT2D eigenvalue weighted by atomic mass is 16.3. The molecule has 3 atom stereocenters. The third-order valence-corrected chi connectivity index (χ3v) is 7.10. The summed E-state index contributed by atoms with van der Waals surface area (Å²) < 4.78 is 0. The van der Waals surface area contributed by atoms with Crippen LogP contribution >= 0.6 is 0 Å². The summed E-state index contributed by atoms with van der Waals surface area (Å²) in [5.41, 5.74) is 8.14. The first-order valence-corrected chi connectivity index (χ1v) is 11.8. The van der Waals surface area contributed by atoms with Gasteiger partial charge in [0.25, 0.3) is 0 Å². The monoisotopic (exact) mass is 438 g/mol. The minimum Gasteiger partial charge on any atom is -0.508 e. The Morgan fingerprint density at radius 3 is 2.67 bits per heavy atom. The number of fused-ring (bicyclic) bond motifs is 2. The molecule has 0 aromatic heterocycles. The van der Waals surface area contributed by atoms with Gasteiger partial charge in [0.1, 0.15) is 11.8 Å². The predicted octanol–water partition coefficient (Wildman–Crippen LogP) is 5.39. The van der Waals surface area contributed by atoms with Gasteiger partial charge in [-0.1, -0.05) is 55.5 Å². The second-order valence-electron chi connectivity index (χ2n) is 9.49. The summed E-state index contributed by atoms with van der Waals surface area (Å²) in [5.74, 6) is 0.706. The summed E-state index contributed by atoms with van der Waals surface area (Å²) in [5, 5.41) is 13.2. The third-order valence-electron chi connectivity index (χ3n) is 7.10. The van der Waals surface area contributed by atoms with E-state index in [2.05, 4.69) is 59.7 Å². The number of nitrogens with one attached hydrogen (secondary N) is 1. The van der Waals surface area contributed by atoms with Crippen molar-refractivity contribution in [3.63, 3.8) is 0 Å². The zero-order valence-corrected chi connectivity index (χ0v) is 19.2. The second kappa shape index (κ2) is 8.86. The molecule has 1 amide bonds. The molecule has 1 heterocycles. The molecule has 0 bridgehead atoms. The Balaban J connectivity index is 1.36. The van der Waals surface area contributed by atoms with Crippen LogP contribution in [0.1, 0.15) is 70.7 Å². The average Bonchev–Trinajstić information content (AvgIpc) is 2.81. The van der Waals surface area contributed by atoms with Crippen molar-refractivity contribution in [2.24, 2.45) is 4.99 Å². The molecule has 0 radical (unpaired) electrons. The van der Waals surface area contributed by atoms with Gasteiger partial charge in [0, 0.05) is 12.6 Å². The Hall–Kier alpha value is -3.40. The number of aromatic hydroxyl groups is 1. The summed E-state index contributed by atoms with van der Waals surface area (Å²) in [6.45, 7) is 4.24. The number of hydrogen-bond acceptors (Lipinski definition) is 3. The maximum absolute atomic E-state index is 13.2. The van der Waals surface area contributed by atoms with Crippen LogP contribution in [0.5, 0.6) is 5.75 Å². The maximum Gasteiger partial charge on any atom is 0.245 e.